The maximum Gasteiger partial charge on any atom is 3.00 e. The van der Waals surface area contributed by atoms with Crippen LogP contribution in [0.3, 0.4) is 0 Å². The molecule has 0 aliphatic rings. The Morgan fingerprint density at radius 3 is 2.00 bits per heavy atom. The minimum atomic E-state index is -0.102. The summed E-state index contributed by atoms with van der Waals surface area (Å²) < 4.78 is 0. The summed E-state index contributed by atoms with van der Waals surface area (Å²) in [5, 5.41) is 14.5. The van der Waals surface area contributed by atoms with Crippen LogP contribution >= 0.6 is 11.8 Å². The number of nitrogens with one attached hydrogen (secondary N) is 1. The molecule has 0 aliphatic carbocycles. The number of benzene rings is 2. The van der Waals surface area contributed by atoms with E-state index in [9.17, 15) is 5.11 Å². The summed E-state index contributed by atoms with van der Waals surface area (Å²) in [6.07, 6.45) is 1.16. The Bertz CT molecular complexity index is 789. The number of hydrogen-bond donors (Lipinski definition) is 2. The summed E-state index contributed by atoms with van der Waals surface area (Å²) in [5.74, 6) is 1.53. The third-order valence-corrected chi connectivity index (χ3v) is 5.96. The van der Waals surface area contributed by atoms with Crippen LogP contribution in [0.2, 0.25) is 0 Å². The van der Waals surface area contributed by atoms with Crippen molar-refractivity contribution in [3.8, 4) is 5.75 Å². The topological polar surface area (TPSA) is 32.3 Å². The molecule has 0 saturated heterocycles. The fourth-order valence-corrected chi connectivity index (χ4v) is 3.87. The molecule has 0 unspecified atom stereocenters. The predicted octanol–water partition coefficient (Wildman–Crippen LogP) is -1.89. The molecule has 0 saturated carbocycles. The molecule has 0 heterocycles. The standard InChI is InChI=1S/C24H35NOS.3ClH.Ti/c1-8-13-27-21-12-10-9-11-20(21)25-16-17-14-18(23(2,3)4)15-19(22(17)26)24(5,6)7;;;;/h9-12,14-15,25-26H,8,13,16H2,1-7H3;3*1H;/q;;;;+3/p-3. The minimum Gasteiger partial charge on any atom is -1.00 e. The van der Waals surface area contributed by atoms with Crippen LogP contribution in [-0.2, 0) is 39.1 Å². The van der Waals surface area contributed by atoms with E-state index in [1.54, 1.807) is 0 Å². The monoisotopic (exact) mass is 538 g/mol. The summed E-state index contributed by atoms with van der Waals surface area (Å²) in [6.45, 7) is 15.9. The Hall–Kier alpha value is -0.0257. The molecule has 0 atom stereocenters. The summed E-state index contributed by atoms with van der Waals surface area (Å²) in [4.78, 5) is 1.27. The molecule has 0 amide bonds. The number of hydrogen-bond acceptors (Lipinski definition) is 3. The largest absolute Gasteiger partial charge is 3.00 e. The second-order valence-corrected chi connectivity index (χ2v) is 10.4. The van der Waals surface area contributed by atoms with E-state index >= 15 is 0 Å². The van der Waals surface area contributed by atoms with Gasteiger partial charge in [0.15, 0.2) is 0 Å². The second-order valence-electron chi connectivity index (χ2n) is 9.23. The molecule has 0 bridgehead atoms. The van der Waals surface area contributed by atoms with Gasteiger partial charge in [0.1, 0.15) is 5.75 Å². The van der Waals surface area contributed by atoms with Crippen LogP contribution in [0.25, 0.3) is 0 Å². The molecule has 7 heteroatoms. The van der Waals surface area contributed by atoms with Crippen molar-refractivity contribution in [1.82, 2.24) is 0 Å². The normalized spacial score (nSPS) is 10.7. The van der Waals surface area contributed by atoms with Crippen LogP contribution in [0.15, 0.2) is 41.3 Å². The van der Waals surface area contributed by atoms with Gasteiger partial charge in [0.25, 0.3) is 0 Å². The van der Waals surface area contributed by atoms with Gasteiger partial charge in [-0.3, -0.25) is 0 Å². The summed E-state index contributed by atoms with van der Waals surface area (Å²) in [5.41, 5.74) is 4.30. The number of aromatic hydroxyl groups is 1. The van der Waals surface area contributed by atoms with Crippen LogP contribution < -0.4 is 42.5 Å². The molecule has 2 N–H and O–H groups in total. The number of phenolic OH excluding ortho intramolecular Hbond substituents is 1. The van der Waals surface area contributed by atoms with E-state index in [0.717, 1.165) is 29.0 Å². The first-order valence-corrected chi connectivity index (χ1v) is 10.8. The average Bonchev–Trinajstić information content (AvgIpc) is 2.57. The molecular weight excluding hydrogens is 505 g/mol. The quantitative estimate of drug-likeness (QED) is 0.333. The van der Waals surface area contributed by atoms with Gasteiger partial charge in [-0.1, -0.05) is 66.7 Å². The smallest absolute Gasteiger partial charge is 1.00 e. The van der Waals surface area contributed by atoms with Gasteiger partial charge in [0.2, 0.25) is 0 Å². The van der Waals surface area contributed by atoms with E-state index in [-0.39, 0.29) is 69.8 Å². The van der Waals surface area contributed by atoms with E-state index in [4.69, 9.17) is 0 Å². The van der Waals surface area contributed by atoms with Gasteiger partial charge in [-0.05, 0) is 52.3 Å². The van der Waals surface area contributed by atoms with Crippen LogP contribution in [-0.4, -0.2) is 10.9 Å². The van der Waals surface area contributed by atoms with Gasteiger partial charge in [0, 0.05) is 22.7 Å². The van der Waals surface area contributed by atoms with Crippen molar-refractivity contribution in [2.45, 2.75) is 77.2 Å². The average molecular weight is 540 g/mol. The Balaban J connectivity index is -0.00000196. The van der Waals surface area contributed by atoms with Gasteiger partial charge in [0.05, 0.1) is 0 Å². The van der Waals surface area contributed by atoms with Crippen LogP contribution in [0.4, 0.5) is 5.69 Å². The molecule has 2 rings (SSSR count). The fraction of sp³-hybridized carbons (Fsp3) is 0.500. The van der Waals surface area contributed by atoms with Crippen molar-refractivity contribution in [1.29, 1.82) is 0 Å². The van der Waals surface area contributed by atoms with Crippen molar-refractivity contribution in [2.24, 2.45) is 0 Å². The number of anilines is 1. The van der Waals surface area contributed by atoms with Crippen molar-refractivity contribution in [2.75, 3.05) is 11.1 Å². The first-order chi connectivity index (χ1) is 12.5. The van der Waals surface area contributed by atoms with Gasteiger partial charge < -0.3 is 47.6 Å². The molecule has 2 nitrogen and oxygen atoms in total. The molecule has 2 aromatic rings. The molecule has 31 heavy (non-hydrogen) atoms. The third kappa shape index (κ3) is 10.2. The van der Waals surface area contributed by atoms with E-state index < -0.39 is 0 Å². The van der Waals surface area contributed by atoms with E-state index in [1.807, 2.05) is 11.8 Å². The van der Waals surface area contributed by atoms with Crippen molar-refractivity contribution >= 4 is 17.4 Å². The van der Waals surface area contributed by atoms with E-state index in [1.165, 1.54) is 10.5 Å². The summed E-state index contributed by atoms with van der Waals surface area (Å²) in [7, 11) is 0. The molecule has 0 aliphatic heterocycles. The minimum absolute atomic E-state index is 0. The summed E-state index contributed by atoms with van der Waals surface area (Å²) >= 11 is 1.88. The number of para-hydroxylation sites is 1. The zero-order valence-corrected chi connectivity index (χ0v) is 24.2. The Kier molecular flexibility index (Phi) is 17.2. The summed E-state index contributed by atoms with van der Waals surface area (Å²) in [6, 6.07) is 12.7. The van der Waals surface area contributed by atoms with Crippen LogP contribution in [0, 0.1) is 0 Å². The number of phenols is 1. The first-order valence-electron chi connectivity index (χ1n) is 9.86. The Morgan fingerprint density at radius 1 is 0.903 bits per heavy atom. The van der Waals surface area contributed by atoms with E-state index in [0.29, 0.717) is 12.3 Å². The SMILES string of the molecule is CCCSc1ccccc1NCc1cc(C(C)(C)C)cc(C(C)(C)C)c1O.[Cl-].[Cl-].[Cl-].[Ti+3]. The van der Waals surface area contributed by atoms with Crippen molar-refractivity contribution in [3.05, 3.63) is 53.1 Å². The molecule has 173 valence electrons. The van der Waals surface area contributed by atoms with Crippen LogP contribution in [0.1, 0.15) is 71.6 Å². The van der Waals surface area contributed by atoms with Crippen molar-refractivity contribution < 1.29 is 64.0 Å². The molecule has 0 aromatic heterocycles. The number of thioether (sulfide) groups is 1. The third-order valence-electron chi connectivity index (χ3n) is 4.68. The zero-order valence-electron chi connectivity index (χ0n) is 19.6. The van der Waals surface area contributed by atoms with Gasteiger partial charge in [-0.2, -0.15) is 0 Å². The molecule has 0 fully saturated rings. The molecule has 0 spiro atoms. The maximum absolute atomic E-state index is 11.0. The molecule has 1 radical (unpaired) electrons. The predicted molar refractivity (Wildman–Crippen MR) is 120 cm³/mol. The first kappa shape index (κ1) is 35.6. The second kappa shape index (κ2) is 15.0. The number of rotatable bonds is 6. The maximum atomic E-state index is 11.0. The Morgan fingerprint density at radius 2 is 1.48 bits per heavy atom. The van der Waals surface area contributed by atoms with Gasteiger partial charge >= 0.3 is 21.7 Å². The molecular formula is C24H35Cl3NOSTi. The van der Waals surface area contributed by atoms with Gasteiger partial charge in [-0.15, -0.1) is 11.8 Å². The van der Waals surface area contributed by atoms with E-state index in [2.05, 4.69) is 90.2 Å². The van der Waals surface area contributed by atoms with Crippen LogP contribution in [0.5, 0.6) is 5.75 Å². The fourth-order valence-electron chi connectivity index (χ4n) is 2.98. The van der Waals surface area contributed by atoms with Gasteiger partial charge in [-0.25, -0.2) is 0 Å². The van der Waals surface area contributed by atoms with Crippen molar-refractivity contribution in [3.63, 3.8) is 0 Å². The number of halogens is 3. The molecule has 2 aromatic carbocycles. The zero-order chi connectivity index (χ0) is 20.2. The Labute approximate surface area is 227 Å².